The number of nitrogens with zero attached hydrogens (tertiary/aromatic N) is 4. The summed E-state index contributed by atoms with van der Waals surface area (Å²) < 4.78 is 13.1. The van der Waals surface area contributed by atoms with Gasteiger partial charge in [-0.15, -0.1) is 0 Å². The van der Waals surface area contributed by atoms with E-state index in [-0.39, 0.29) is 17.9 Å². The minimum Gasteiger partial charge on any atom is -0.487 e. The van der Waals surface area contributed by atoms with Crippen molar-refractivity contribution in [2.75, 3.05) is 0 Å². The highest BCUT2D eigenvalue weighted by Crippen LogP contribution is 2.20. The molecular weight excluding hydrogens is 394 g/mol. The molecule has 0 aliphatic carbocycles. The van der Waals surface area contributed by atoms with E-state index in [9.17, 15) is 4.79 Å². The number of imidazole rings is 1. The summed E-state index contributed by atoms with van der Waals surface area (Å²) in [6.45, 7) is 8.49. The van der Waals surface area contributed by atoms with E-state index in [0.717, 1.165) is 16.9 Å². The van der Waals surface area contributed by atoms with Gasteiger partial charge in [-0.2, -0.15) is 4.98 Å². The molecular formula is C23H25N5O3. The molecule has 0 spiro atoms. The number of ether oxygens (including phenoxy) is 1. The van der Waals surface area contributed by atoms with Gasteiger partial charge in [-0.25, -0.2) is 4.98 Å². The van der Waals surface area contributed by atoms with Crippen molar-refractivity contribution in [1.82, 2.24) is 24.8 Å². The number of benzene rings is 1. The van der Waals surface area contributed by atoms with Crippen molar-refractivity contribution in [2.24, 2.45) is 0 Å². The monoisotopic (exact) mass is 419 g/mol. The van der Waals surface area contributed by atoms with Crippen molar-refractivity contribution in [2.45, 2.75) is 46.3 Å². The molecule has 8 heteroatoms. The lowest BCUT2D eigenvalue weighted by atomic mass is 9.97. The van der Waals surface area contributed by atoms with Gasteiger partial charge in [0.1, 0.15) is 18.0 Å². The van der Waals surface area contributed by atoms with E-state index in [1.807, 2.05) is 62.7 Å². The molecule has 0 saturated carbocycles. The van der Waals surface area contributed by atoms with Crippen LogP contribution in [-0.4, -0.2) is 25.4 Å². The Hall–Kier alpha value is -3.68. The van der Waals surface area contributed by atoms with E-state index in [1.54, 1.807) is 18.2 Å². The molecule has 31 heavy (non-hydrogen) atoms. The van der Waals surface area contributed by atoms with E-state index in [2.05, 4.69) is 20.4 Å². The first-order valence-electron chi connectivity index (χ1n) is 10.1. The summed E-state index contributed by atoms with van der Waals surface area (Å²) in [6.07, 6.45) is 3.96. The van der Waals surface area contributed by atoms with Gasteiger partial charge in [-0.3, -0.25) is 4.79 Å². The van der Waals surface area contributed by atoms with E-state index in [1.165, 1.54) is 0 Å². The molecule has 1 N–H and O–H groups in total. The lowest BCUT2D eigenvalue weighted by Gasteiger charge is -2.10. The van der Waals surface area contributed by atoms with Gasteiger partial charge in [-0.05, 0) is 36.8 Å². The maximum absolute atomic E-state index is 12.5. The van der Waals surface area contributed by atoms with Crippen LogP contribution in [0, 0.1) is 6.92 Å². The largest absolute Gasteiger partial charge is 0.487 e. The molecule has 0 saturated heterocycles. The standard InChI is InChI=1S/C23H25N5O3/c1-15-8-9-20-25-17(13-28(20)12-15)14-30-18-7-5-6-16(10-18)21(29)24-11-19-26-22(31-27-19)23(2,3)4/h5-10,12-13H,11,14H2,1-4H3,(H,24,29). The summed E-state index contributed by atoms with van der Waals surface area (Å²) in [5, 5.41) is 6.73. The number of rotatable bonds is 6. The lowest BCUT2D eigenvalue weighted by Crippen LogP contribution is -2.23. The summed E-state index contributed by atoms with van der Waals surface area (Å²) in [6, 6.07) is 11.0. The van der Waals surface area contributed by atoms with Gasteiger partial charge in [0.25, 0.3) is 5.91 Å². The van der Waals surface area contributed by atoms with Crippen LogP contribution in [0.3, 0.4) is 0 Å². The van der Waals surface area contributed by atoms with E-state index in [0.29, 0.717) is 29.6 Å². The molecule has 1 aromatic carbocycles. The molecule has 0 aliphatic heterocycles. The summed E-state index contributed by atoms with van der Waals surface area (Å²) in [4.78, 5) is 21.4. The second-order valence-electron chi connectivity index (χ2n) is 8.47. The highest BCUT2D eigenvalue weighted by molar-refractivity contribution is 5.94. The molecule has 0 radical (unpaired) electrons. The van der Waals surface area contributed by atoms with Gasteiger partial charge in [0, 0.05) is 23.4 Å². The van der Waals surface area contributed by atoms with Crippen LogP contribution in [0.1, 0.15) is 54.1 Å². The molecule has 0 atom stereocenters. The van der Waals surface area contributed by atoms with Crippen LogP contribution in [0.25, 0.3) is 5.65 Å². The number of carbonyl (C=O) groups excluding carboxylic acids is 1. The zero-order valence-corrected chi connectivity index (χ0v) is 18.0. The van der Waals surface area contributed by atoms with Crippen molar-refractivity contribution in [3.63, 3.8) is 0 Å². The minimum absolute atomic E-state index is 0.185. The number of aromatic nitrogens is 4. The van der Waals surface area contributed by atoms with Crippen molar-refractivity contribution in [3.8, 4) is 5.75 Å². The third-order valence-electron chi connectivity index (χ3n) is 4.65. The Morgan fingerprint density at radius 1 is 1.16 bits per heavy atom. The molecule has 0 aliphatic rings. The molecule has 160 valence electrons. The quantitative estimate of drug-likeness (QED) is 0.510. The van der Waals surface area contributed by atoms with Gasteiger partial charge >= 0.3 is 0 Å². The number of hydrogen-bond donors (Lipinski definition) is 1. The zero-order valence-electron chi connectivity index (χ0n) is 18.0. The Morgan fingerprint density at radius 3 is 2.77 bits per heavy atom. The first kappa shape index (κ1) is 20.6. The summed E-state index contributed by atoms with van der Waals surface area (Å²) in [5.41, 5.74) is 3.09. The Balaban J connectivity index is 1.36. The minimum atomic E-state index is -0.240. The number of pyridine rings is 1. The molecule has 4 rings (SSSR count). The summed E-state index contributed by atoms with van der Waals surface area (Å²) >= 11 is 0. The molecule has 8 nitrogen and oxygen atoms in total. The summed E-state index contributed by atoms with van der Waals surface area (Å²) in [7, 11) is 0. The number of amides is 1. The third kappa shape index (κ3) is 4.91. The van der Waals surface area contributed by atoms with Crippen LogP contribution < -0.4 is 10.1 Å². The molecule has 0 unspecified atom stereocenters. The first-order valence-corrected chi connectivity index (χ1v) is 10.1. The molecule has 1 amide bonds. The Labute approximate surface area is 180 Å². The van der Waals surface area contributed by atoms with Crippen molar-refractivity contribution >= 4 is 11.6 Å². The Kier molecular flexibility index (Phi) is 5.46. The SMILES string of the molecule is Cc1ccc2nc(COc3cccc(C(=O)NCc4noc(C(C)(C)C)n4)c3)cn2c1. The normalized spacial score (nSPS) is 11.6. The second-order valence-corrected chi connectivity index (χ2v) is 8.47. The van der Waals surface area contributed by atoms with Crippen LogP contribution in [-0.2, 0) is 18.6 Å². The average molecular weight is 419 g/mol. The van der Waals surface area contributed by atoms with Crippen molar-refractivity contribution in [1.29, 1.82) is 0 Å². The number of carbonyl (C=O) groups is 1. The second kappa shape index (κ2) is 8.22. The van der Waals surface area contributed by atoms with Gasteiger partial charge < -0.3 is 19.0 Å². The fourth-order valence-corrected chi connectivity index (χ4v) is 3.00. The van der Waals surface area contributed by atoms with Crippen molar-refractivity contribution in [3.05, 3.63) is 77.3 Å². The van der Waals surface area contributed by atoms with Crippen LogP contribution in [0.15, 0.2) is 53.3 Å². The van der Waals surface area contributed by atoms with Gasteiger partial charge in [0.15, 0.2) is 5.82 Å². The molecule has 4 aromatic rings. The van der Waals surface area contributed by atoms with Gasteiger partial charge in [-0.1, -0.05) is 38.1 Å². The van der Waals surface area contributed by atoms with Crippen LogP contribution in [0.4, 0.5) is 0 Å². The maximum Gasteiger partial charge on any atom is 0.251 e. The highest BCUT2D eigenvalue weighted by Gasteiger charge is 2.21. The number of fused-ring (bicyclic) bond motifs is 1. The smallest absolute Gasteiger partial charge is 0.251 e. The maximum atomic E-state index is 12.5. The fraction of sp³-hybridized carbons (Fsp3) is 0.304. The third-order valence-corrected chi connectivity index (χ3v) is 4.65. The zero-order chi connectivity index (χ0) is 22.0. The predicted octanol–water partition coefficient (Wildman–Crippen LogP) is 3.83. The van der Waals surface area contributed by atoms with Crippen LogP contribution in [0.2, 0.25) is 0 Å². The predicted molar refractivity (Wildman–Crippen MR) is 115 cm³/mol. The first-order chi connectivity index (χ1) is 14.8. The number of aryl methyl sites for hydroxylation is 1. The Bertz CT molecular complexity index is 1220. The highest BCUT2D eigenvalue weighted by atomic mass is 16.5. The Morgan fingerprint density at radius 2 is 2.00 bits per heavy atom. The summed E-state index contributed by atoms with van der Waals surface area (Å²) in [5.74, 6) is 1.33. The van der Waals surface area contributed by atoms with E-state index < -0.39 is 0 Å². The molecule has 0 bridgehead atoms. The average Bonchev–Trinajstić information content (AvgIpc) is 3.37. The van der Waals surface area contributed by atoms with Crippen LogP contribution in [0.5, 0.6) is 5.75 Å². The van der Waals surface area contributed by atoms with Gasteiger partial charge in [0.2, 0.25) is 5.89 Å². The van der Waals surface area contributed by atoms with E-state index >= 15 is 0 Å². The van der Waals surface area contributed by atoms with E-state index in [4.69, 9.17) is 9.26 Å². The van der Waals surface area contributed by atoms with Crippen molar-refractivity contribution < 1.29 is 14.1 Å². The lowest BCUT2D eigenvalue weighted by molar-refractivity contribution is 0.0949. The number of nitrogens with one attached hydrogen (secondary N) is 1. The molecule has 0 fully saturated rings. The fourth-order valence-electron chi connectivity index (χ4n) is 3.00. The topological polar surface area (TPSA) is 94.5 Å². The van der Waals surface area contributed by atoms with Gasteiger partial charge in [0.05, 0.1) is 12.2 Å². The molecule has 3 aromatic heterocycles. The number of hydrogen-bond acceptors (Lipinski definition) is 6. The molecule has 3 heterocycles. The van der Waals surface area contributed by atoms with Crippen LogP contribution >= 0.6 is 0 Å².